The maximum atomic E-state index is 11.8. The second-order valence-electron chi connectivity index (χ2n) is 4.24. The van der Waals surface area contributed by atoms with E-state index in [2.05, 4.69) is 0 Å². The number of aryl methyl sites for hydroxylation is 1. The van der Waals surface area contributed by atoms with Crippen LogP contribution in [0.5, 0.6) is 0 Å². The van der Waals surface area contributed by atoms with Gasteiger partial charge in [-0.25, -0.2) is 0 Å². The predicted molar refractivity (Wildman–Crippen MR) is 65.1 cm³/mol. The number of furan rings is 1. The first-order valence-corrected chi connectivity index (χ1v) is 5.61. The molecule has 0 N–H and O–H groups in total. The highest BCUT2D eigenvalue weighted by molar-refractivity contribution is 6.35. The molecule has 0 spiro atoms. The number of benzene rings is 1. The Hall–Kier alpha value is -1.28. The van der Waals surface area contributed by atoms with Crippen molar-refractivity contribution >= 4 is 28.4 Å². The average molecular weight is 237 g/mol. The van der Waals surface area contributed by atoms with Crippen LogP contribution >= 0.6 is 11.6 Å². The molecular weight excluding hydrogens is 224 g/mol. The average Bonchev–Trinajstić information content (AvgIpc) is 2.68. The molecule has 2 rings (SSSR count). The fourth-order valence-electron chi connectivity index (χ4n) is 1.63. The van der Waals surface area contributed by atoms with Crippen LogP contribution in [0, 0.1) is 12.8 Å². The molecule has 0 amide bonds. The molecule has 0 unspecified atom stereocenters. The van der Waals surface area contributed by atoms with Crippen LogP contribution in [0.4, 0.5) is 0 Å². The van der Waals surface area contributed by atoms with E-state index in [-0.39, 0.29) is 11.7 Å². The van der Waals surface area contributed by atoms with E-state index in [1.807, 2.05) is 26.8 Å². The molecule has 0 saturated carbocycles. The summed E-state index contributed by atoms with van der Waals surface area (Å²) in [5.74, 6) is 0.326. The Morgan fingerprint density at radius 3 is 2.62 bits per heavy atom. The first kappa shape index (κ1) is 11.2. The van der Waals surface area contributed by atoms with Crippen LogP contribution in [0.25, 0.3) is 11.0 Å². The number of Topliss-reactive ketones (excluding diaryl/α,β-unsaturated/α-hetero) is 1. The summed E-state index contributed by atoms with van der Waals surface area (Å²) in [4.78, 5) is 11.8. The summed E-state index contributed by atoms with van der Waals surface area (Å²) in [6, 6.07) is 5.48. The van der Waals surface area contributed by atoms with Crippen LogP contribution in [-0.4, -0.2) is 5.78 Å². The summed E-state index contributed by atoms with van der Waals surface area (Å²) < 4.78 is 5.52. The van der Waals surface area contributed by atoms with Gasteiger partial charge in [0.15, 0.2) is 11.3 Å². The van der Waals surface area contributed by atoms with Gasteiger partial charge in [0.25, 0.3) is 0 Å². The van der Waals surface area contributed by atoms with Gasteiger partial charge in [-0.2, -0.15) is 0 Å². The quantitative estimate of drug-likeness (QED) is 0.731. The largest absolute Gasteiger partial charge is 0.451 e. The van der Waals surface area contributed by atoms with Crippen LogP contribution < -0.4 is 0 Å². The van der Waals surface area contributed by atoms with Gasteiger partial charge in [0.2, 0.25) is 5.78 Å². The number of ketones is 1. The van der Waals surface area contributed by atoms with Crippen molar-refractivity contribution in [3.05, 3.63) is 34.5 Å². The van der Waals surface area contributed by atoms with Crippen LogP contribution in [0.2, 0.25) is 5.02 Å². The van der Waals surface area contributed by atoms with E-state index in [0.717, 1.165) is 10.9 Å². The molecule has 84 valence electrons. The molecule has 0 bridgehead atoms. The van der Waals surface area contributed by atoms with Gasteiger partial charge < -0.3 is 4.42 Å². The first-order valence-electron chi connectivity index (χ1n) is 5.23. The molecule has 1 heterocycles. The topological polar surface area (TPSA) is 30.2 Å². The summed E-state index contributed by atoms with van der Waals surface area (Å²) >= 11 is 6.02. The molecule has 0 aliphatic heterocycles. The minimum absolute atomic E-state index is 0.00617. The minimum Gasteiger partial charge on any atom is -0.451 e. The lowest BCUT2D eigenvalue weighted by Gasteiger charge is -1.98. The van der Waals surface area contributed by atoms with E-state index in [1.54, 1.807) is 12.1 Å². The Morgan fingerprint density at radius 2 is 2.06 bits per heavy atom. The normalized spacial score (nSPS) is 11.3. The number of hydrogen-bond donors (Lipinski definition) is 0. The summed E-state index contributed by atoms with van der Waals surface area (Å²) in [5, 5.41) is 1.46. The molecular formula is C13H13ClO2. The van der Waals surface area contributed by atoms with E-state index in [0.29, 0.717) is 16.4 Å². The molecule has 0 aliphatic rings. The van der Waals surface area contributed by atoms with E-state index in [1.165, 1.54) is 0 Å². The van der Waals surface area contributed by atoms with Gasteiger partial charge in [0.1, 0.15) is 0 Å². The monoisotopic (exact) mass is 236 g/mol. The van der Waals surface area contributed by atoms with Crippen LogP contribution in [-0.2, 0) is 0 Å². The van der Waals surface area contributed by atoms with Crippen molar-refractivity contribution in [3.8, 4) is 0 Å². The molecule has 0 saturated heterocycles. The van der Waals surface area contributed by atoms with E-state index in [4.69, 9.17) is 16.0 Å². The highest BCUT2D eigenvalue weighted by Gasteiger charge is 2.17. The lowest BCUT2D eigenvalue weighted by molar-refractivity contribution is 0.0913. The molecule has 0 atom stereocenters. The van der Waals surface area contributed by atoms with Gasteiger partial charge in [-0.1, -0.05) is 31.5 Å². The van der Waals surface area contributed by atoms with Crippen molar-refractivity contribution in [2.75, 3.05) is 0 Å². The predicted octanol–water partition coefficient (Wildman–Crippen LogP) is 4.23. The lowest BCUT2D eigenvalue weighted by Crippen LogP contribution is -2.05. The summed E-state index contributed by atoms with van der Waals surface area (Å²) in [5.41, 5.74) is 1.66. The van der Waals surface area contributed by atoms with Crippen LogP contribution in [0.3, 0.4) is 0 Å². The highest BCUT2D eigenvalue weighted by atomic mass is 35.5. The van der Waals surface area contributed by atoms with Crippen molar-refractivity contribution in [2.24, 2.45) is 5.92 Å². The maximum absolute atomic E-state index is 11.8. The van der Waals surface area contributed by atoms with Crippen molar-refractivity contribution < 1.29 is 9.21 Å². The van der Waals surface area contributed by atoms with E-state index in [9.17, 15) is 4.79 Å². The van der Waals surface area contributed by atoms with Crippen LogP contribution in [0.15, 0.2) is 22.6 Å². The fourth-order valence-corrected chi connectivity index (χ4v) is 1.83. The van der Waals surface area contributed by atoms with E-state index < -0.39 is 0 Å². The van der Waals surface area contributed by atoms with Gasteiger partial charge in [0, 0.05) is 11.3 Å². The Morgan fingerprint density at radius 1 is 1.38 bits per heavy atom. The second kappa shape index (κ2) is 3.95. The molecule has 0 fully saturated rings. The Balaban J connectivity index is 2.64. The summed E-state index contributed by atoms with van der Waals surface area (Å²) in [6.07, 6.45) is 0. The zero-order valence-corrected chi connectivity index (χ0v) is 10.3. The standard InChI is InChI=1S/C13H13ClO2/c1-7(2)12(15)11-6-9-8(3)4-5-10(14)13(9)16-11/h4-7H,1-3H3. The highest BCUT2D eigenvalue weighted by Crippen LogP contribution is 2.30. The number of rotatable bonds is 2. The smallest absolute Gasteiger partial charge is 0.200 e. The Labute approximate surface area is 99.2 Å². The van der Waals surface area contributed by atoms with Gasteiger partial charge in [0.05, 0.1) is 5.02 Å². The van der Waals surface area contributed by atoms with Gasteiger partial charge in [-0.05, 0) is 24.6 Å². The number of halogens is 1. The summed E-state index contributed by atoms with van der Waals surface area (Å²) in [7, 11) is 0. The van der Waals surface area contributed by atoms with Crippen molar-refractivity contribution in [1.82, 2.24) is 0 Å². The van der Waals surface area contributed by atoms with E-state index >= 15 is 0 Å². The van der Waals surface area contributed by atoms with Crippen molar-refractivity contribution in [3.63, 3.8) is 0 Å². The first-order chi connectivity index (χ1) is 7.50. The second-order valence-corrected chi connectivity index (χ2v) is 4.64. The van der Waals surface area contributed by atoms with Gasteiger partial charge >= 0.3 is 0 Å². The number of carbonyl (C=O) groups excluding carboxylic acids is 1. The zero-order valence-electron chi connectivity index (χ0n) is 9.50. The maximum Gasteiger partial charge on any atom is 0.200 e. The number of hydrogen-bond acceptors (Lipinski definition) is 2. The summed E-state index contributed by atoms with van der Waals surface area (Å²) in [6.45, 7) is 5.67. The SMILES string of the molecule is Cc1ccc(Cl)c2oc(C(=O)C(C)C)cc12. The fraction of sp³-hybridized carbons (Fsp3) is 0.308. The number of fused-ring (bicyclic) bond motifs is 1. The third-order valence-corrected chi connectivity index (χ3v) is 2.92. The molecule has 3 heteroatoms. The molecule has 2 aromatic rings. The van der Waals surface area contributed by atoms with Gasteiger partial charge in [-0.3, -0.25) is 4.79 Å². The number of carbonyl (C=O) groups is 1. The minimum atomic E-state index is -0.0698. The molecule has 1 aromatic carbocycles. The Kier molecular flexibility index (Phi) is 2.76. The Bertz CT molecular complexity index is 513. The van der Waals surface area contributed by atoms with Gasteiger partial charge in [-0.15, -0.1) is 0 Å². The third-order valence-electron chi connectivity index (χ3n) is 2.62. The molecule has 1 aromatic heterocycles. The molecule has 16 heavy (non-hydrogen) atoms. The molecule has 2 nitrogen and oxygen atoms in total. The van der Waals surface area contributed by atoms with Crippen LogP contribution in [0.1, 0.15) is 30.0 Å². The van der Waals surface area contributed by atoms with Crippen molar-refractivity contribution in [2.45, 2.75) is 20.8 Å². The zero-order chi connectivity index (χ0) is 11.9. The van der Waals surface area contributed by atoms with Crippen molar-refractivity contribution in [1.29, 1.82) is 0 Å². The third kappa shape index (κ3) is 1.74. The molecule has 0 radical (unpaired) electrons. The molecule has 0 aliphatic carbocycles. The lowest BCUT2D eigenvalue weighted by atomic mass is 10.1.